The monoisotopic (exact) mass is 346 g/mol. The molecule has 1 N–H and O–H groups in total. The summed E-state index contributed by atoms with van der Waals surface area (Å²) >= 11 is 2.18. The Morgan fingerprint density at radius 3 is 2.30 bits per heavy atom. The van der Waals surface area contributed by atoms with Crippen LogP contribution in [0.1, 0.15) is 27.1 Å². The van der Waals surface area contributed by atoms with E-state index < -0.39 is 5.97 Å². The molecule has 118 valence electrons. The molecule has 0 radical (unpaired) electrons. The van der Waals surface area contributed by atoms with Gasteiger partial charge in [0.15, 0.2) is 5.12 Å². The zero-order valence-corrected chi connectivity index (χ0v) is 13.7. The SMILES string of the molecule is O=C(CCSC(=O)c1cccc(C(=O)O)c1)Sc1ccccc1. The maximum absolute atomic E-state index is 12.0. The molecular weight excluding hydrogens is 332 g/mol. The molecule has 0 bridgehead atoms. The summed E-state index contributed by atoms with van der Waals surface area (Å²) in [5.74, 6) is -0.700. The summed E-state index contributed by atoms with van der Waals surface area (Å²) in [7, 11) is 0. The fraction of sp³-hybridized carbons (Fsp3) is 0.118. The normalized spacial score (nSPS) is 10.3. The maximum Gasteiger partial charge on any atom is 0.335 e. The third-order valence-corrected chi connectivity index (χ3v) is 4.71. The van der Waals surface area contributed by atoms with E-state index in [-0.39, 0.29) is 22.2 Å². The largest absolute Gasteiger partial charge is 0.478 e. The lowest BCUT2D eigenvalue weighted by Gasteiger charge is -2.02. The Hall–Kier alpha value is -2.05. The van der Waals surface area contributed by atoms with Gasteiger partial charge in [-0.15, -0.1) is 0 Å². The first-order valence-corrected chi connectivity index (χ1v) is 8.62. The molecule has 0 saturated carbocycles. The van der Waals surface area contributed by atoms with Gasteiger partial charge in [-0.25, -0.2) is 4.79 Å². The first-order chi connectivity index (χ1) is 11.1. The van der Waals surface area contributed by atoms with Crippen molar-refractivity contribution >= 4 is 39.7 Å². The quantitative estimate of drug-likeness (QED) is 0.798. The van der Waals surface area contributed by atoms with Crippen molar-refractivity contribution in [3.63, 3.8) is 0 Å². The van der Waals surface area contributed by atoms with Gasteiger partial charge >= 0.3 is 5.97 Å². The first-order valence-electron chi connectivity index (χ1n) is 6.82. The molecular formula is C17H14O4S2. The summed E-state index contributed by atoms with van der Waals surface area (Å²) < 4.78 is 0. The molecule has 0 atom stereocenters. The molecule has 4 nitrogen and oxygen atoms in total. The second-order valence-electron chi connectivity index (χ2n) is 4.56. The van der Waals surface area contributed by atoms with Crippen LogP contribution in [0, 0.1) is 0 Å². The van der Waals surface area contributed by atoms with Crippen molar-refractivity contribution < 1.29 is 19.5 Å². The van der Waals surface area contributed by atoms with E-state index in [2.05, 4.69) is 0 Å². The number of carboxylic acid groups (broad SMARTS) is 1. The fourth-order valence-corrected chi connectivity index (χ4v) is 3.42. The van der Waals surface area contributed by atoms with E-state index in [4.69, 9.17) is 5.11 Å². The number of thioether (sulfide) groups is 2. The minimum Gasteiger partial charge on any atom is -0.478 e. The van der Waals surface area contributed by atoms with Crippen molar-refractivity contribution in [1.29, 1.82) is 0 Å². The van der Waals surface area contributed by atoms with Gasteiger partial charge in [0, 0.05) is 22.6 Å². The van der Waals surface area contributed by atoms with E-state index in [1.807, 2.05) is 30.3 Å². The van der Waals surface area contributed by atoms with Gasteiger partial charge < -0.3 is 5.11 Å². The number of rotatable bonds is 6. The number of carbonyl (C=O) groups excluding carboxylic acids is 2. The van der Waals surface area contributed by atoms with Gasteiger partial charge in [0.1, 0.15) is 0 Å². The molecule has 2 rings (SSSR count). The summed E-state index contributed by atoms with van der Waals surface area (Å²) in [6.07, 6.45) is 0.272. The summed E-state index contributed by atoms with van der Waals surface area (Å²) in [5, 5.41) is 8.68. The van der Waals surface area contributed by atoms with Crippen LogP contribution in [0.15, 0.2) is 59.5 Å². The molecule has 0 spiro atoms. The Labute approximate surface area is 142 Å². The van der Waals surface area contributed by atoms with Crippen molar-refractivity contribution in [1.82, 2.24) is 0 Å². The molecule has 23 heavy (non-hydrogen) atoms. The van der Waals surface area contributed by atoms with Crippen LogP contribution in [0.5, 0.6) is 0 Å². The molecule has 0 aliphatic rings. The highest BCUT2D eigenvalue weighted by atomic mass is 32.2. The summed E-state index contributed by atoms with van der Waals surface area (Å²) in [6.45, 7) is 0. The standard InChI is InChI=1S/C17H14O4S2/c18-15(23-14-7-2-1-3-8-14)9-10-22-17(21)13-6-4-5-12(11-13)16(19)20/h1-8,11H,9-10H2,(H,19,20). The Bertz CT molecular complexity index is 714. The Kier molecular flexibility index (Phi) is 6.43. The van der Waals surface area contributed by atoms with E-state index in [1.54, 1.807) is 6.07 Å². The lowest BCUT2D eigenvalue weighted by Crippen LogP contribution is -2.02. The highest BCUT2D eigenvalue weighted by Gasteiger charge is 2.11. The first kappa shape index (κ1) is 17.3. The number of hydrogen-bond acceptors (Lipinski definition) is 5. The average molecular weight is 346 g/mol. The fourth-order valence-electron chi connectivity index (χ4n) is 1.76. The zero-order chi connectivity index (χ0) is 16.7. The van der Waals surface area contributed by atoms with Gasteiger partial charge in [0.25, 0.3) is 0 Å². The Balaban J connectivity index is 1.81. The Morgan fingerprint density at radius 2 is 1.61 bits per heavy atom. The minimum absolute atomic E-state index is 0.00390. The molecule has 0 amide bonds. The maximum atomic E-state index is 12.0. The number of carboxylic acids is 1. The molecule has 0 aliphatic carbocycles. The van der Waals surface area contributed by atoms with Crippen LogP contribution in [-0.4, -0.2) is 27.1 Å². The van der Waals surface area contributed by atoms with Crippen LogP contribution >= 0.6 is 23.5 Å². The Morgan fingerprint density at radius 1 is 0.913 bits per heavy atom. The number of benzene rings is 2. The lowest BCUT2D eigenvalue weighted by atomic mass is 10.1. The molecule has 0 unspecified atom stereocenters. The van der Waals surface area contributed by atoms with Gasteiger partial charge in [-0.05, 0) is 24.3 Å². The zero-order valence-electron chi connectivity index (χ0n) is 12.1. The third kappa shape index (κ3) is 5.58. The van der Waals surface area contributed by atoms with Crippen LogP contribution in [0.3, 0.4) is 0 Å². The van der Waals surface area contributed by atoms with Crippen LogP contribution < -0.4 is 0 Å². The number of aromatic carboxylic acids is 1. The van der Waals surface area contributed by atoms with Crippen molar-refractivity contribution in [3.05, 3.63) is 65.7 Å². The third-order valence-electron chi connectivity index (χ3n) is 2.86. The summed E-state index contributed by atoms with van der Waals surface area (Å²) in [4.78, 5) is 35.6. The van der Waals surface area contributed by atoms with Gasteiger partial charge in [-0.3, -0.25) is 9.59 Å². The van der Waals surface area contributed by atoms with Crippen molar-refractivity contribution in [2.24, 2.45) is 0 Å². The number of carbonyl (C=O) groups is 3. The van der Waals surface area contributed by atoms with E-state index in [0.717, 1.165) is 28.4 Å². The van der Waals surface area contributed by atoms with Crippen LogP contribution in [-0.2, 0) is 4.79 Å². The topological polar surface area (TPSA) is 71.4 Å². The summed E-state index contributed by atoms with van der Waals surface area (Å²) in [5.41, 5.74) is 0.408. The molecule has 0 heterocycles. The second kappa shape index (κ2) is 8.55. The van der Waals surface area contributed by atoms with Gasteiger partial charge in [0.05, 0.1) is 5.56 Å². The molecule has 0 fully saturated rings. The molecule has 6 heteroatoms. The second-order valence-corrected chi connectivity index (χ2v) is 6.76. The van der Waals surface area contributed by atoms with E-state index >= 15 is 0 Å². The average Bonchev–Trinajstić information content (AvgIpc) is 2.55. The smallest absolute Gasteiger partial charge is 0.335 e. The van der Waals surface area contributed by atoms with Gasteiger partial charge in [-0.1, -0.05) is 53.9 Å². The molecule has 0 saturated heterocycles. The minimum atomic E-state index is -1.07. The van der Waals surface area contributed by atoms with E-state index in [1.165, 1.54) is 18.2 Å². The summed E-state index contributed by atoms with van der Waals surface area (Å²) in [6, 6.07) is 15.2. The molecule has 2 aromatic carbocycles. The molecule has 0 aliphatic heterocycles. The van der Waals surface area contributed by atoms with Crippen LogP contribution in [0.25, 0.3) is 0 Å². The van der Waals surface area contributed by atoms with E-state index in [9.17, 15) is 14.4 Å². The molecule has 2 aromatic rings. The van der Waals surface area contributed by atoms with Crippen molar-refractivity contribution in [2.75, 3.05) is 5.75 Å². The van der Waals surface area contributed by atoms with Gasteiger partial charge in [0.2, 0.25) is 5.12 Å². The highest BCUT2D eigenvalue weighted by molar-refractivity contribution is 8.15. The predicted molar refractivity (Wildman–Crippen MR) is 92.1 cm³/mol. The predicted octanol–water partition coefficient (Wildman–Crippen LogP) is 3.97. The van der Waals surface area contributed by atoms with Crippen LogP contribution in [0.2, 0.25) is 0 Å². The molecule has 0 aromatic heterocycles. The lowest BCUT2D eigenvalue weighted by molar-refractivity contribution is -0.110. The van der Waals surface area contributed by atoms with Gasteiger partial charge in [-0.2, -0.15) is 0 Å². The van der Waals surface area contributed by atoms with E-state index in [0.29, 0.717) is 11.3 Å². The van der Waals surface area contributed by atoms with Crippen molar-refractivity contribution in [3.8, 4) is 0 Å². The number of hydrogen-bond donors (Lipinski definition) is 1. The highest BCUT2D eigenvalue weighted by Crippen LogP contribution is 2.21. The van der Waals surface area contributed by atoms with Crippen molar-refractivity contribution in [2.45, 2.75) is 11.3 Å². The van der Waals surface area contributed by atoms with Crippen LogP contribution in [0.4, 0.5) is 0 Å².